The summed E-state index contributed by atoms with van der Waals surface area (Å²) in [5.41, 5.74) is 1.08. The molecule has 3 atom stereocenters. The maximum absolute atomic E-state index is 12.4. The van der Waals surface area contributed by atoms with Crippen LogP contribution in [0.15, 0.2) is 24.3 Å². The van der Waals surface area contributed by atoms with E-state index in [1.165, 1.54) is 27.4 Å². The summed E-state index contributed by atoms with van der Waals surface area (Å²) in [6.45, 7) is 3.07. The third-order valence-corrected chi connectivity index (χ3v) is 6.43. The van der Waals surface area contributed by atoms with E-state index < -0.39 is 0 Å². The van der Waals surface area contributed by atoms with Crippen LogP contribution in [0.25, 0.3) is 10.2 Å². The van der Waals surface area contributed by atoms with Crippen molar-refractivity contribution in [2.45, 2.75) is 44.2 Å². The van der Waals surface area contributed by atoms with Crippen molar-refractivity contribution >= 4 is 27.5 Å². The molecule has 0 spiro atoms. The number of hydrogen-bond donors (Lipinski definition) is 2. The molecule has 2 fully saturated rings. The topological polar surface area (TPSA) is 55.7 Å². The Kier molecular flexibility index (Phi) is 5.29. The van der Waals surface area contributed by atoms with Crippen LogP contribution in [0.4, 0.5) is 0 Å². The van der Waals surface area contributed by atoms with Crippen LogP contribution < -0.4 is 10.2 Å². The number of piperidine rings is 1. The maximum atomic E-state index is 12.4. The number of fused-ring (bicyclic) bond motifs is 1. The molecule has 4 rings (SSSR count). The van der Waals surface area contributed by atoms with Crippen LogP contribution in [0.5, 0.6) is 0 Å². The van der Waals surface area contributed by atoms with Gasteiger partial charge in [0.25, 0.3) is 5.91 Å². The lowest BCUT2D eigenvalue weighted by molar-refractivity contribution is -0.929. The van der Waals surface area contributed by atoms with Crippen molar-refractivity contribution in [3.8, 4) is 0 Å². The second kappa shape index (κ2) is 7.81. The van der Waals surface area contributed by atoms with E-state index in [1.807, 2.05) is 6.07 Å². The highest BCUT2D eigenvalue weighted by molar-refractivity contribution is 7.18. The molecule has 5 nitrogen and oxygen atoms in total. The van der Waals surface area contributed by atoms with Crippen LogP contribution in [0.2, 0.25) is 0 Å². The lowest BCUT2D eigenvalue weighted by atomic mass is 10.0. The quantitative estimate of drug-likeness (QED) is 0.853. The molecule has 0 bridgehead atoms. The fourth-order valence-corrected chi connectivity index (χ4v) is 5.09. The second-order valence-electron chi connectivity index (χ2n) is 7.09. The van der Waals surface area contributed by atoms with Gasteiger partial charge in [-0.25, -0.2) is 4.98 Å². The maximum Gasteiger partial charge on any atom is 0.275 e. The van der Waals surface area contributed by atoms with Crippen LogP contribution >= 0.6 is 11.3 Å². The molecule has 1 aromatic heterocycles. The fraction of sp³-hybridized carbons (Fsp3) is 0.579. The molecular weight excluding hydrogens is 334 g/mol. The van der Waals surface area contributed by atoms with Gasteiger partial charge >= 0.3 is 0 Å². The number of benzene rings is 1. The Labute approximate surface area is 152 Å². The van der Waals surface area contributed by atoms with Crippen LogP contribution in [0, 0.1) is 0 Å². The minimum Gasteiger partial charge on any atom is -0.376 e. The summed E-state index contributed by atoms with van der Waals surface area (Å²) in [5, 5.41) is 4.25. The predicted octanol–water partition coefficient (Wildman–Crippen LogP) is 1.70. The number of hydrogen-bond acceptors (Lipinski definition) is 4. The van der Waals surface area contributed by atoms with Gasteiger partial charge in [0.1, 0.15) is 6.04 Å². The van der Waals surface area contributed by atoms with Gasteiger partial charge in [-0.15, -0.1) is 11.3 Å². The number of carbonyl (C=O) groups excluding carboxylic acids is 1. The van der Waals surface area contributed by atoms with Crippen LogP contribution in [-0.2, 0) is 9.53 Å². The fourth-order valence-electron chi connectivity index (χ4n) is 3.93. The summed E-state index contributed by atoms with van der Waals surface area (Å²) in [6.07, 6.45) is 5.91. The summed E-state index contributed by atoms with van der Waals surface area (Å²) in [6, 6.07) is 8.66. The van der Waals surface area contributed by atoms with Gasteiger partial charge < -0.3 is 15.0 Å². The van der Waals surface area contributed by atoms with E-state index in [2.05, 4.69) is 23.5 Å². The SMILES string of the molecule is O=C(C[NH+]1CCCC[C@H]1c1nc2ccccc2s1)NC[C@@H]1CCCO1. The average Bonchev–Trinajstić information content (AvgIpc) is 3.30. The molecule has 1 amide bonds. The van der Waals surface area contributed by atoms with Gasteiger partial charge in [0, 0.05) is 19.6 Å². The first-order valence-electron chi connectivity index (χ1n) is 9.38. The number of carbonyl (C=O) groups is 1. The Morgan fingerprint density at radius 2 is 2.20 bits per heavy atom. The number of aromatic nitrogens is 1. The lowest BCUT2D eigenvalue weighted by Crippen LogP contribution is -3.14. The summed E-state index contributed by atoms with van der Waals surface area (Å²) in [7, 11) is 0. The predicted molar refractivity (Wildman–Crippen MR) is 98.9 cm³/mol. The van der Waals surface area contributed by atoms with E-state index in [1.54, 1.807) is 11.3 Å². The van der Waals surface area contributed by atoms with E-state index in [9.17, 15) is 4.79 Å². The first-order chi connectivity index (χ1) is 12.3. The number of quaternary nitrogens is 1. The number of rotatable bonds is 5. The van der Waals surface area contributed by atoms with Gasteiger partial charge in [0.05, 0.1) is 22.9 Å². The zero-order valence-electron chi connectivity index (χ0n) is 14.5. The number of ether oxygens (including phenoxy) is 1. The molecule has 2 saturated heterocycles. The monoisotopic (exact) mass is 360 g/mol. The second-order valence-corrected chi connectivity index (χ2v) is 8.15. The molecule has 2 N–H and O–H groups in total. The molecule has 6 heteroatoms. The van der Waals surface area contributed by atoms with E-state index in [4.69, 9.17) is 9.72 Å². The number of amides is 1. The van der Waals surface area contributed by atoms with Crippen molar-refractivity contribution in [2.75, 3.05) is 26.2 Å². The molecule has 3 heterocycles. The van der Waals surface area contributed by atoms with Crippen molar-refractivity contribution in [3.63, 3.8) is 0 Å². The summed E-state index contributed by atoms with van der Waals surface area (Å²) in [5.74, 6) is 0.138. The molecule has 0 saturated carbocycles. The van der Waals surface area contributed by atoms with Crippen LogP contribution in [0.1, 0.15) is 43.2 Å². The molecule has 134 valence electrons. The molecular formula is C19H26N3O2S+. The zero-order valence-corrected chi connectivity index (χ0v) is 15.3. The van der Waals surface area contributed by atoms with Gasteiger partial charge in [0.15, 0.2) is 11.6 Å². The molecule has 2 aliphatic heterocycles. The van der Waals surface area contributed by atoms with Crippen LogP contribution in [0.3, 0.4) is 0 Å². The van der Waals surface area contributed by atoms with E-state index in [0.717, 1.165) is 37.9 Å². The van der Waals surface area contributed by atoms with Gasteiger partial charge in [-0.3, -0.25) is 4.79 Å². The summed E-state index contributed by atoms with van der Waals surface area (Å²) >= 11 is 1.78. The van der Waals surface area contributed by atoms with E-state index >= 15 is 0 Å². The van der Waals surface area contributed by atoms with Gasteiger partial charge in [0.2, 0.25) is 0 Å². The van der Waals surface area contributed by atoms with Gasteiger partial charge in [-0.1, -0.05) is 12.1 Å². The largest absolute Gasteiger partial charge is 0.376 e. The Bertz CT molecular complexity index is 693. The standard InChI is InChI=1S/C19H25N3O2S/c23-18(20-12-14-6-5-11-24-14)13-22-10-4-3-8-16(22)19-21-15-7-1-2-9-17(15)25-19/h1-2,7,9,14,16H,3-6,8,10-13H2,(H,20,23)/p+1/t14-,16-/m0/s1. The number of para-hydroxylation sites is 1. The molecule has 0 radical (unpaired) electrons. The highest BCUT2D eigenvalue weighted by Crippen LogP contribution is 2.28. The summed E-state index contributed by atoms with van der Waals surface area (Å²) in [4.78, 5) is 18.6. The minimum absolute atomic E-state index is 0.138. The highest BCUT2D eigenvalue weighted by Gasteiger charge is 2.32. The lowest BCUT2D eigenvalue weighted by Gasteiger charge is -2.30. The molecule has 1 unspecified atom stereocenters. The first kappa shape index (κ1) is 16.9. The van der Waals surface area contributed by atoms with Gasteiger partial charge in [-0.2, -0.15) is 0 Å². The molecule has 1 aromatic carbocycles. The molecule has 0 aliphatic carbocycles. The number of thiazole rings is 1. The van der Waals surface area contributed by atoms with E-state index in [0.29, 0.717) is 19.1 Å². The van der Waals surface area contributed by atoms with Crippen molar-refractivity contribution in [2.24, 2.45) is 0 Å². The molecule has 25 heavy (non-hydrogen) atoms. The number of nitrogens with zero attached hydrogens (tertiary/aromatic N) is 1. The average molecular weight is 361 g/mol. The Morgan fingerprint density at radius 1 is 1.28 bits per heavy atom. The minimum atomic E-state index is 0.138. The Morgan fingerprint density at radius 3 is 3.04 bits per heavy atom. The molecule has 2 aromatic rings. The van der Waals surface area contributed by atoms with Crippen LogP contribution in [-0.4, -0.2) is 43.2 Å². The van der Waals surface area contributed by atoms with Crippen molar-refractivity contribution in [1.82, 2.24) is 10.3 Å². The molecule has 2 aliphatic rings. The van der Waals surface area contributed by atoms with Crippen molar-refractivity contribution < 1.29 is 14.4 Å². The smallest absolute Gasteiger partial charge is 0.275 e. The van der Waals surface area contributed by atoms with Crippen molar-refractivity contribution in [3.05, 3.63) is 29.3 Å². The van der Waals surface area contributed by atoms with E-state index in [-0.39, 0.29) is 12.0 Å². The Hall–Kier alpha value is -1.50. The third kappa shape index (κ3) is 4.02. The number of likely N-dealkylation sites (tertiary alicyclic amines) is 1. The van der Waals surface area contributed by atoms with Crippen molar-refractivity contribution in [1.29, 1.82) is 0 Å². The number of nitrogens with one attached hydrogen (secondary N) is 2. The Balaban J connectivity index is 1.40. The normalized spacial score (nSPS) is 26.8. The third-order valence-electron chi connectivity index (χ3n) is 5.28. The van der Waals surface area contributed by atoms with Gasteiger partial charge in [-0.05, 0) is 37.8 Å². The zero-order chi connectivity index (χ0) is 17.1. The first-order valence-corrected chi connectivity index (χ1v) is 10.2. The summed E-state index contributed by atoms with van der Waals surface area (Å²) < 4.78 is 6.83. The highest BCUT2D eigenvalue weighted by atomic mass is 32.1.